The Bertz CT molecular complexity index is 527. The van der Waals surface area contributed by atoms with E-state index in [1.807, 2.05) is 9.58 Å². The van der Waals surface area contributed by atoms with E-state index in [1.165, 1.54) is 25.0 Å². The molecular weight excluding hydrogens is 278 g/mol. The molecule has 0 radical (unpaired) electrons. The number of piperidine rings is 1. The fraction of sp³-hybridized carbons (Fsp3) is 0.812. The standard InChI is InChI=1S/C16H27N5O/c1-12-5-4-10-20(14(12)8-9-17)16(22)11-21-15-7-3-2-6-13(15)18-19-21/h12,14H,2-11,17H2,1H3. The molecule has 2 unspecified atom stereocenters. The van der Waals surface area contributed by atoms with Gasteiger partial charge in [0.25, 0.3) is 0 Å². The van der Waals surface area contributed by atoms with E-state index >= 15 is 0 Å². The van der Waals surface area contributed by atoms with Gasteiger partial charge in [-0.15, -0.1) is 5.10 Å². The van der Waals surface area contributed by atoms with Crippen molar-refractivity contribution >= 4 is 5.91 Å². The minimum Gasteiger partial charge on any atom is -0.338 e. The number of carbonyl (C=O) groups excluding carboxylic acids is 1. The minimum absolute atomic E-state index is 0.170. The van der Waals surface area contributed by atoms with E-state index < -0.39 is 0 Å². The molecule has 0 aromatic carbocycles. The molecule has 1 aromatic rings. The lowest BCUT2D eigenvalue weighted by Crippen LogP contribution is -2.49. The average molecular weight is 305 g/mol. The molecule has 0 saturated carbocycles. The maximum absolute atomic E-state index is 12.8. The molecule has 1 fully saturated rings. The van der Waals surface area contributed by atoms with E-state index in [-0.39, 0.29) is 11.9 Å². The smallest absolute Gasteiger partial charge is 0.244 e. The number of fused-ring (bicyclic) bond motifs is 1. The third-order valence-electron chi connectivity index (χ3n) is 5.18. The van der Waals surface area contributed by atoms with Gasteiger partial charge < -0.3 is 10.6 Å². The van der Waals surface area contributed by atoms with Crippen LogP contribution < -0.4 is 5.73 Å². The van der Waals surface area contributed by atoms with Crippen LogP contribution in [-0.2, 0) is 24.2 Å². The van der Waals surface area contributed by atoms with Gasteiger partial charge in [0.2, 0.25) is 5.91 Å². The van der Waals surface area contributed by atoms with Crippen molar-refractivity contribution in [1.82, 2.24) is 19.9 Å². The van der Waals surface area contributed by atoms with Gasteiger partial charge in [-0.3, -0.25) is 4.79 Å². The van der Waals surface area contributed by atoms with Crippen LogP contribution in [-0.4, -0.2) is 44.9 Å². The third-order valence-corrected chi connectivity index (χ3v) is 5.18. The number of aryl methyl sites for hydroxylation is 1. The predicted octanol–water partition coefficient (Wildman–Crippen LogP) is 1.13. The summed E-state index contributed by atoms with van der Waals surface area (Å²) >= 11 is 0. The highest BCUT2D eigenvalue weighted by Gasteiger charge is 2.31. The molecule has 1 saturated heterocycles. The van der Waals surface area contributed by atoms with Crippen molar-refractivity contribution in [3.63, 3.8) is 0 Å². The van der Waals surface area contributed by atoms with Gasteiger partial charge in [0, 0.05) is 12.6 Å². The van der Waals surface area contributed by atoms with Crippen LogP contribution in [0.2, 0.25) is 0 Å². The van der Waals surface area contributed by atoms with Crippen LogP contribution in [0.15, 0.2) is 0 Å². The second-order valence-corrected chi connectivity index (χ2v) is 6.70. The highest BCUT2D eigenvalue weighted by atomic mass is 16.2. The van der Waals surface area contributed by atoms with E-state index in [9.17, 15) is 4.79 Å². The SMILES string of the molecule is CC1CCCN(C(=O)Cn2nnc3c2CCCC3)C1CCN. The topological polar surface area (TPSA) is 77.0 Å². The first-order valence-electron chi connectivity index (χ1n) is 8.61. The number of amides is 1. The van der Waals surface area contributed by atoms with Crippen molar-refractivity contribution in [2.75, 3.05) is 13.1 Å². The largest absolute Gasteiger partial charge is 0.338 e. The molecule has 6 nitrogen and oxygen atoms in total. The number of likely N-dealkylation sites (tertiary alicyclic amines) is 1. The van der Waals surface area contributed by atoms with Crippen molar-refractivity contribution in [3.8, 4) is 0 Å². The molecular formula is C16H27N5O. The summed E-state index contributed by atoms with van der Waals surface area (Å²) in [6.45, 7) is 4.05. The van der Waals surface area contributed by atoms with Crippen LogP contribution in [0.25, 0.3) is 0 Å². The second-order valence-electron chi connectivity index (χ2n) is 6.70. The van der Waals surface area contributed by atoms with Gasteiger partial charge in [-0.1, -0.05) is 12.1 Å². The molecule has 2 atom stereocenters. The van der Waals surface area contributed by atoms with Gasteiger partial charge in [0.1, 0.15) is 6.54 Å². The molecule has 22 heavy (non-hydrogen) atoms. The van der Waals surface area contributed by atoms with E-state index in [2.05, 4.69) is 17.2 Å². The Morgan fingerprint density at radius 1 is 1.32 bits per heavy atom. The first-order valence-corrected chi connectivity index (χ1v) is 8.61. The van der Waals surface area contributed by atoms with Crippen LogP contribution >= 0.6 is 0 Å². The molecule has 0 spiro atoms. The molecule has 2 N–H and O–H groups in total. The lowest BCUT2D eigenvalue weighted by atomic mass is 9.88. The molecule has 2 heterocycles. The van der Waals surface area contributed by atoms with Crippen LogP contribution in [0.4, 0.5) is 0 Å². The van der Waals surface area contributed by atoms with E-state index in [0.29, 0.717) is 19.0 Å². The van der Waals surface area contributed by atoms with E-state index in [0.717, 1.165) is 37.9 Å². The summed E-state index contributed by atoms with van der Waals surface area (Å²) in [6, 6.07) is 0.283. The third kappa shape index (κ3) is 3.02. The summed E-state index contributed by atoms with van der Waals surface area (Å²) < 4.78 is 1.83. The summed E-state index contributed by atoms with van der Waals surface area (Å²) in [5.41, 5.74) is 8.00. The number of nitrogens with zero attached hydrogens (tertiary/aromatic N) is 4. The number of rotatable bonds is 4. The van der Waals surface area contributed by atoms with Crippen molar-refractivity contribution in [3.05, 3.63) is 11.4 Å². The molecule has 1 aliphatic carbocycles. The van der Waals surface area contributed by atoms with Crippen molar-refractivity contribution in [2.24, 2.45) is 11.7 Å². The van der Waals surface area contributed by atoms with Crippen LogP contribution in [0, 0.1) is 5.92 Å². The molecule has 0 bridgehead atoms. The molecule has 1 aromatic heterocycles. The fourth-order valence-corrected chi connectivity index (χ4v) is 3.94. The Hall–Kier alpha value is -1.43. The molecule has 122 valence electrons. The maximum Gasteiger partial charge on any atom is 0.244 e. The first kappa shape index (κ1) is 15.5. The van der Waals surface area contributed by atoms with Crippen LogP contribution in [0.3, 0.4) is 0 Å². The van der Waals surface area contributed by atoms with Crippen molar-refractivity contribution < 1.29 is 4.79 Å². The van der Waals surface area contributed by atoms with Gasteiger partial charge in [-0.05, 0) is 57.4 Å². The Morgan fingerprint density at radius 2 is 2.14 bits per heavy atom. The average Bonchev–Trinajstić information content (AvgIpc) is 2.93. The Balaban J connectivity index is 1.71. The summed E-state index contributed by atoms with van der Waals surface area (Å²) in [4.78, 5) is 14.8. The van der Waals surface area contributed by atoms with E-state index in [4.69, 9.17) is 5.73 Å². The number of carbonyl (C=O) groups is 1. The number of nitrogens with two attached hydrogens (primary N) is 1. The zero-order valence-electron chi connectivity index (χ0n) is 13.5. The normalized spacial score (nSPS) is 25.1. The molecule has 1 amide bonds. The first-order chi connectivity index (χ1) is 10.7. The second kappa shape index (κ2) is 6.77. The van der Waals surface area contributed by atoms with Crippen molar-refractivity contribution in [2.45, 2.75) is 64.5 Å². The molecule has 3 rings (SSSR count). The summed E-state index contributed by atoms with van der Waals surface area (Å²) in [5.74, 6) is 0.703. The fourth-order valence-electron chi connectivity index (χ4n) is 3.94. The lowest BCUT2D eigenvalue weighted by Gasteiger charge is -2.40. The molecule has 1 aliphatic heterocycles. The maximum atomic E-state index is 12.8. The highest BCUT2D eigenvalue weighted by molar-refractivity contribution is 5.76. The summed E-state index contributed by atoms with van der Waals surface area (Å²) in [6.07, 6.45) is 7.52. The van der Waals surface area contributed by atoms with Gasteiger partial charge in [-0.25, -0.2) is 4.68 Å². The minimum atomic E-state index is 0.170. The number of aromatic nitrogens is 3. The number of hydrogen-bond acceptors (Lipinski definition) is 4. The lowest BCUT2D eigenvalue weighted by molar-refractivity contribution is -0.137. The Morgan fingerprint density at radius 3 is 2.95 bits per heavy atom. The highest BCUT2D eigenvalue weighted by Crippen LogP contribution is 2.26. The quantitative estimate of drug-likeness (QED) is 0.904. The summed E-state index contributed by atoms with van der Waals surface area (Å²) in [5, 5.41) is 8.46. The zero-order chi connectivity index (χ0) is 15.5. The zero-order valence-corrected chi connectivity index (χ0v) is 13.5. The Labute approximate surface area is 132 Å². The molecule has 2 aliphatic rings. The van der Waals surface area contributed by atoms with Gasteiger partial charge in [-0.2, -0.15) is 0 Å². The van der Waals surface area contributed by atoms with Gasteiger partial charge >= 0.3 is 0 Å². The van der Waals surface area contributed by atoms with Crippen LogP contribution in [0.5, 0.6) is 0 Å². The van der Waals surface area contributed by atoms with Crippen LogP contribution in [0.1, 0.15) is 50.4 Å². The monoisotopic (exact) mass is 305 g/mol. The molecule has 6 heteroatoms. The van der Waals surface area contributed by atoms with Crippen molar-refractivity contribution in [1.29, 1.82) is 0 Å². The Kier molecular flexibility index (Phi) is 4.76. The van der Waals surface area contributed by atoms with Gasteiger partial charge in [0.15, 0.2) is 0 Å². The summed E-state index contributed by atoms with van der Waals surface area (Å²) in [7, 11) is 0. The number of hydrogen-bond donors (Lipinski definition) is 1. The predicted molar refractivity (Wildman–Crippen MR) is 84.2 cm³/mol. The van der Waals surface area contributed by atoms with Gasteiger partial charge in [0.05, 0.1) is 11.4 Å². The van der Waals surface area contributed by atoms with E-state index in [1.54, 1.807) is 0 Å².